The van der Waals surface area contributed by atoms with Crippen LogP contribution in [0.1, 0.15) is 19.4 Å². The van der Waals surface area contributed by atoms with Gasteiger partial charge in [-0.3, -0.25) is 4.68 Å². The van der Waals surface area contributed by atoms with Crippen molar-refractivity contribution in [2.45, 2.75) is 20.4 Å². The van der Waals surface area contributed by atoms with Crippen LogP contribution in [0.5, 0.6) is 0 Å². The molecule has 0 bridgehead atoms. The lowest BCUT2D eigenvalue weighted by atomic mass is 10.2. The van der Waals surface area contributed by atoms with Crippen LogP contribution in [0.4, 0.5) is 0 Å². The van der Waals surface area contributed by atoms with Gasteiger partial charge in [0, 0.05) is 25.4 Å². The summed E-state index contributed by atoms with van der Waals surface area (Å²) in [6, 6.07) is 4.18. The number of nitrogens with zero attached hydrogens (tertiary/aromatic N) is 2. The third kappa shape index (κ3) is 3.43. The normalized spacial score (nSPS) is 11.4. The molecule has 0 amide bonds. The molecular formula is C13H18BrN3S. The lowest BCUT2D eigenvalue weighted by Crippen LogP contribution is -2.19. The zero-order chi connectivity index (χ0) is 13.1. The van der Waals surface area contributed by atoms with Crippen molar-refractivity contribution < 1.29 is 0 Å². The van der Waals surface area contributed by atoms with Crippen LogP contribution in [-0.4, -0.2) is 16.3 Å². The molecule has 0 aliphatic carbocycles. The van der Waals surface area contributed by atoms with Crippen LogP contribution in [0, 0.1) is 5.92 Å². The number of halogens is 1. The second kappa shape index (κ2) is 5.99. The lowest BCUT2D eigenvalue weighted by Gasteiger charge is -2.06. The van der Waals surface area contributed by atoms with Gasteiger partial charge in [-0.2, -0.15) is 5.10 Å². The standard InChI is InChI=1S/C13H18BrN3S/c1-9(2)6-15-7-10-8-17(3)16-13(10)11-4-5-12(14)18-11/h4-5,8-9,15H,6-7H2,1-3H3. The second-order valence-electron chi connectivity index (χ2n) is 4.81. The highest BCUT2D eigenvalue weighted by Crippen LogP contribution is 2.32. The van der Waals surface area contributed by atoms with Gasteiger partial charge in [0.1, 0.15) is 5.69 Å². The van der Waals surface area contributed by atoms with Gasteiger partial charge in [-0.25, -0.2) is 0 Å². The number of rotatable bonds is 5. The zero-order valence-electron chi connectivity index (χ0n) is 10.9. The number of hydrogen-bond donors (Lipinski definition) is 1. The molecular weight excluding hydrogens is 310 g/mol. The van der Waals surface area contributed by atoms with Crippen LogP contribution >= 0.6 is 27.3 Å². The molecule has 0 aromatic carbocycles. The van der Waals surface area contributed by atoms with E-state index in [-0.39, 0.29) is 0 Å². The van der Waals surface area contributed by atoms with Gasteiger partial charge in [-0.05, 0) is 40.5 Å². The van der Waals surface area contributed by atoms with E-state index in [0.29, 0.717) is 5.92 Å². The number of aromatic nitrogens is 2. The van der Waals surface area contributed by atoms with E-state index >= 15 is 0 Å². The Bertz CT molecular complexity index is 516. The average Bonchev–Trinajstić information content (AvgIpc) is 2.84. The fourth-order valence-corrected chi connectivity index (χ4v) is 3.22. The van der Waals surface area contributed by atoms with Crippen molar-refractivity contribution in [1.29, 1.82) is 0 Å². The highest BCUT2D eigenvalue weighted by atomic mass is 79.9. The fourth-order valence-electron chi connectivity index (χ4n) is 1.81. The van der Waals surface area contributed by atoms with E-state index in [1.54, 1.807) is 11.3 Å². The molecule has 0 aliphatic rings. The third-order valence-corrected chi connectivity index (χ3v) is 4.21. The van der Waals surface area contributed by atoms with Gasteiger partial charge >= 0.3 is 0 Å². The summed E-state index contributed by atoms with van der Waals surface area (Å²) in [5, 5.41) is 8.03. The first-order valence-corrected chi connectivity index (χ1v) is 7.66. The number of hydrogen-bond acceptors (Lipinski definition) is 3. The van der Waals surface area contributed by atoms with Crippen molar-refractivity contribution in [3.8, 4) is 10.6 Å². The summed E-state index contributed by atoms with van der Waals surface area (Å²) in [7, 11) is 1.97. The van der Waals surface area contributed by atoms with E-state index < -0.39 is 0 Å². The van der Waals surface area contributed by atoms with Gasteiger partial charge in [-0.15, -0.1) is 11.3 Å². The van der Waals surface area contributed by atoms with Gasteiger partial charge in [0.15, 0.2) is 0 Å². The first-order valence-electron chi connectivity index (χ1n) is 6.05. The summed E-state index contributed by atoms with van der Waals surface area (Å²) >= 11 is 5.22. The van der Waals surface area contributed by atoms with E-state index in [9.17, 15) is 0 Å². The maximum Gasteiger partial charge on any atom is 0.107 e. The fraction of sp³-hybridized carbons (Fsp3) is 0.462. The SMILES string of the molecule is CC(C)CNCc1cn(C)nc1-c1ccc(Br)s1. The Hall–Kier alpha value is -0.650. The van der Waals surface area contributed by atoms with Crippen LogP contribution in [0.3, 0.4) is 0 Å². The predicted octanol–water partition coefficient (Wildman–Crippen LogP) is 3.66. The molecule has 0 atom stereocenters. The van der Waals surface area contributed by atoms with Crippen molar-refractivity contribution in [2.75, 3.05) is 6.54 Å². The minimum atomic E-state index is 0.668. The van der Waals surface area contributed by atoms with Crippen LogP contribution in [0.2, 0.25) is 0 Å². The maximum atomic E-state index is 4.56. The van der Waals surface area contributed by atoms with Crippen molar-refractivity contribution in [1.82, 2.24) is 15.1 Å². The monoisotopic (exact) mass is 327 g/mol. The average molecular weight is 328 g/mol. The van der Waals surface area contributed by atoms with E-state index in [2.05, 4.69) is 58.5 Å². The van der Waals surface area contributed by atoms with E-state index in [1.165, 1.54) is 10.4 Å². The Morgan fingerprint density at radius 3 is 2.83 bits per heavy atom. The predicted molar refractivity (Wildman–Crippen MR) is 80.8 cm³/mol. The van der Waals surface area contributed by atoms with Gasteiger partial charge in [0.25, 0.3) is 0 Å². The minimum absolute atomic E-state index is 0.668. The molecule has 3 nitrogen and oxygen atoms in total. The van der Waals surface area contributed by atoms with Gasteiger partial charge < -0.3 is 5.32 Å². The molecule has 2 heterocycles. The van der Waals surface area contributed by atoms with E-state index in [0.717, 1.165) is 22.6 Å². The Morgan fingerprint density at radius 2 is 2.22 bits per heavy atom. The molecule has 2 rings (SSSR count). The molecule has 0 unspecified atom stereocenters. The molecule has 0 spiro atoms. The zero-order valence-corrected chi connectivity index (χ0v) is 13.3. The van der Waals surface area contributed by atoms with Crippen molar-refractivity contribution in [3.05, 3.63) is 27.7 Å². The van der Waals surface area contributed by atoms with Crippen LogP contribution in [0.15, 0.2) is 22.1 Å². The summed E-state index contributed by atoms with van der Waals surface area (Å²) in [4.78, 5) is 1.21. The number of thiophene rings is 1. The molecule has 2 aromatic heterocycles. The number of nitrogens with one attached hydrogen (secondary N) is 1. The van der Waals surface area contributed by atoms with Gasteiger partial charge in [0.2, 0.25) is 0 Å². The highest BCUT2D eigenvalue weighted by molar-refractivity contribution is 9.11. The largest absolute Gasteiger partial charge is 0.312 e. The summed E-state index contributed by atoms with van der Waals surface area (Å²) in [6.45, 7) is 6.33. The summed E-state index contributed by atoms with van der Waals surface area (Å²) in [5.41, 5.74) is 2.34. The second-order valence-corrected chi connectivity index (χ2v) is 7.27. The Kier molecular flexibility index (Phi) is 4.59. The Labute approximate surface area is 120 Å². The Balaban J connectivity index is 2.15. The molecule has 1 N–H and O–H groups in total. The first kappa shape index (κ1) is 13.8. The lowest BCUT2D eigenvalue weighted by molar-refractivity contribution is 0.552. The van der Waals surface area contributed by atoms with Crippen molar-refractivity contribution >= 4 is 27.3 Å². The highest BCUT2D eigenvalue weighted by Gasteiger charge is 2.11. The molecule has 0 radical (unpaired) electrons. The van der Waals surface area contributed by atoms with Crippen LogP contribution in [-0.2, 0) is 13.6 Å². The molecule has 0 saturated carbocycles. The summed E-state index contributed by atoms with van der Waals surface area (Å²) < 4.78 is 3.03. The Morgan fingerprint density at radius 1 is 1.44 bits per heavy atom. The quantitative estimate of drug-likeness (QED) is 0.908. The maximum absolute atomic E-state index is 4.56. The topological polar surface area (TPSA) is 29.9 Å². The molecule has 5 heteroatoms. The van der Waals surface area contributed by atoms with Crippen LogP contribution < -0.4 is 5.32 Å². The number of aryl methyl sites for hydroxylation is 1. The third-order valence-electron chi connectivity index (χ3n) is 2.58. The van der Waals surface area contributed by atoms with Crippen molar-refractivity contribution in [3.63, 3.8) is 0 Å². The molecule has 98 valence electrons. The summed E-state index contributed by atoms with van der Waals surface area (Å²) in [6.07, 6.45) is 2.09. The smallest absolute Gasteiger partial charge is 0.107 e. The minimum Gasteiger partial charge on any atom is -0.312 e. The van der Waals surface area contributed by atoms with E-state index in [1.807, 2.05) is 11.7 Å². The molecule has 0 fully saturated rings. The molecule has 0 aliphatic heterocycles. The molecule has 18 heavy (non-hydrogen) atoms. The van der Waals surface area contributed by atoms with Crippen LogP contribution in [0.25, 0.3) is 10.6 Å². The summed E-state index contributed by atoms with van der Waals surface area (Å²) in [5.74, 6) is 0.668. The van der Waals surface area contributed by atoms with Gasteiger partial charge in [-0.1, -0.05) is 13.8 Å². The van der Waals surface area contributed by atoms with E-state index in [4.69, 9.17) is 0 Å². The first-order chi connectivity index (χ1) is 8.56. The van der Waals surface area contributed by atoms with Gasteiger partial charge in [0.05, 0.1) is 8.66 Å². The molecule has 2 aromatic rings. The van der Waals surface area contributed by atoms with Crippen molar-refractivity contribution in [2.24, 2.45) is 13.0 Å². The molecule has 0 saturated heterocycles.